The van der Waals surface area contributed by atoms with Crippen LogP contribution in [-0.2, 0) is 16.1 Å². The van der Waals surface area contributed by atoms with Gasteiger partial charge in [0.2, 0.25) is 11.8 Å². The Bertz CT molecular complexity index is 1130. The summed E-state index contributed by atoms with van der Waals surface area (Å²) in [5.74, 6) is -0.141. The molecule has 0 radical (unpaired) electrons. The number of halogens is 1. The lowest BCUT2D eigenvalue weighted by Crippen LogP contribution is -2.23. The first-order chi connectivity index (χ1) is 15.6. The highest BCUT2D eigenvalue weighted by Crippen LogP contribution is 2.24. The molecular weight excluding hydrogens is 409 g/mol. The first kappa shape index (κ1) is 21.2. The van der Waals surface area contributed by atoms with E-state index >= 15 is 0 Å². The molecule has 0 bridgehead atoms. The predicted molar refractivity (Wildman–Crippen MR) is 120 cm³/mol. The molecule has 1 aliphatic rings. The second kappa shape index (κ2) is 9.87. The Kier molecular flexibility index (Phi) is 6.55. The van der Waals surface area contributed by atoms with Crippen LogP contribution in [0.2, 0.25) is 0 Å². The molecule has 162 valence electrons. The molecule has 1 saturated heterocycles. The van der Waals surface area contributed by atoms with Crippen LogP contribution in [0.25, 0.3) is 6.08 Å². The van der Waals surface area contributed by atoms with Crippen molar-refractivity contribution in [3.63, 3.8) is 0 Å². The van der Waals surface area contributed by atoms with Crippen LogP contribution >= 0.6 is 0 Å². The maximum Gasteiger partial charge on any atom is 0.244 e. The van der Waals surface area contributed by atoms with Crippen LogP contribution in [0, 0.1) is 5.82 Å². The van der Waals surface area contributed by atoms with E-state index in [1.165, 1.54) is 24.4 Å². The molecule has 0 saturated carbocycles. The highest BCUT2D eigenvalue weighted by molar-refractivity contribution is 5.95. The Morgan fingerprint density at radius 2 is 2.03 bits per heavy atom. The molecule has 4 rings (SSSR count). The number of anilines is 1. The zero-order valence-electron chi connectivity index (χ0n) is 17.3. The van der Waals surface area contributed by atoms with Crippen LogP contribution < -0.4 is 15.0 Å². The van der Waals surface area contributed by atoms with E-state index in [0.29, 0.717) is 17.7 Å². The Hall–Kier alpha value is -4.00. The number of carbonyl (C=O) groups excluding carboxylic acids is 2. The second-order valence-corrected chi connectivity index (χ2v) is 7.35. The van der Waals surface area contributed by atoms with E-state index in [4.69, 9.17) is 4.74 Å². The van der Waals surface area contributed by atoms with Gasteiger partial charge in [0.25, 0.3) is 0 Å². The molecule has 1 N–H and O–H groups in total. The SMILES string of the molecule is O=C(/C=C/c1ccc(N2CCCC2=O)cc1)NCc1ccc(Oc2cccnc2)c(F)c1. The van der Waals surface area contributed by atoms with Gasteiger partial charge in [0.15, 0.2) is 11.6 Å². The largest absolute Gasteiger partial charge is 0.453 e. The number of benzene rings is 2. The summed E-state index contributed by atoms with van der Waals surface area (Å²) in [5.41, 5.74) is 2.33. The van der Waals surface area contributed by atoms with Crippen molar-refractivity contribution in [3.05, 3.63) is 90.0 Å². The Morgan fingerprint density at radius 3 is 2.72 bits per heavy atom. The zero-order chi connectivity index (χ0) is 22.3. The molecule has 2 heterocycles. The van der Waals surface area contributed by atoms with Gasteiger partial charge >= 0.3 is 0 Å². The van der Waals surface area contributed by atoms with Gasteiger partial charge in [0, 0.05) is 37.5 Å². The van der Waals surface area contributed by atoms with Crippen molar-refractivity contribution in [1.82, 2.24) is 10.3 Å². The Balaban J connectivity index is 1.29. The van der Waals surface area contributed by atoms with E-state index in [2.05, 4.69) is 10.3 Å². The van der Waals surface area contributed by atoms with Crippen LogP contribution in [0.5, 0.6) is 11.5 Å². The average Bonchev–Trinajstić information content (AvgIpc) is 3.25. The van der Waals surface area contributed by atoms with Gasteiger partial charge in [-0.15, -0.1) is 0 Å². The maximum atomic E-state index is 14.3. The van der Waals surface area contributed by atoms with Crippen molar-refractivity contribution >= 4 is 23.6 Å². The monoisotopic (exact) mass is 431 g/mol. The average molecular weight is 431 g/mol. The van der Waals surface area contributed by atoms with Gasteiger partial charge in [-0.25, -0.2) is 4.39 Å². The lowest BCUT2D eigenvalue weighted by Gasteiger charge is -2.15. The molecule has 32 heavy (non-hydrogen) atoms. The van der Waals surface area contributed by atoms with Gasteiger partial charge in [-0.05, 0) is 60.0 Å². The highest BCUT2D eigenvalue weighted by atomic mass is 19.1. The van der Waals surface area contributed by atoms with E-state index < -0.39 is 5.82 Å². The lowest BCUT2D eigenvalue weighted by molar-refractivity contribution is -0.117. The molecule has 2 amide bonds. The van der Waals surface area contributed by atoms with Crippen molar-refractivity contribution < 1.29 is 18.7 Å². The quantitative estimate of drug-likeness (QED) is 0.561. The van der Waals surface area contributed by atoms with E-state index in [0.717, 1.165) is 24.2 Å². The number of hydrogen-bond acceptors (Lipinski definition) is 4. The summed E-state index contributed by atoms with van der Waals surface area (Å²) >= 11 is 0. The summed E-state index contributed by atoms with van der Waals surface area (Å²) in [5, 5.41) is 2.73. The van der Waals surface area contributed by atoms with Gasteiger partial charge < -0.3 is 15.0 Å². The van der Waals surface area contributed by atoms with Gasteiger partial charge in [-0.1, -0.05) is 18.2 Å². The third-order valence-electron chi connectivity index (χ3n) is 5.03. The summed E-state index contributed by atoms with van der Waals surface area (Å²) in [4.78, 5) is 29.6. The van der Waals surface area contributed by atoms with Gasteiger partial charge in [0.1, 0.15) is 5.75 Å². The third kappa shape index (κ3) is 5.37. The van der Waals surface area contributed by atoms with Crippen molar-refractivity contribution in [2.45, 2.75) is 19.4 Å². The van der Waals surface area contributed by atoms with E-state index in [-0.39, 0.29) is 24.1 Å². The fraction of sp³-hybridized carbons (Fsp3) is 0.160. The predicted octanol–water partition coefficient (Wildman–Crippen LogP) is 4.47. The molecule has 0 atom stereocenters. The minimum atomic E-state index is -0.521. The van der Waals surface area contributed by atoms with E-state index in [1.807, 2.05) is 24.3 Å². The molecule has 1 aromatic heterocycles. The summed E-state index contributed by atoms with van der Waals surface area (Å²) in [6.07, 6.45) is 7.69. The molecule has 1 fully saturated rings. The maximum absolute atomic E-state index is 14.3. The first-order valence-electron chi connectivity index (χ1n) is 10.3. The lowest BCUT2D eigenvalue weighted by atomic mass is 10.1. The number of nitrogens with one attached hydrogen (secondary N) is 1. The van der Waals surface area contributed by atoms with Crippen LogP contribution in [0.15, 0.2) is 73.1 Å². The number of rotatable bonds is 7. The first-order valence-corrected chi connectivity index (χ1v) is 10.3. The molecule has 6 nitrogen and oxygen atoms in total. The number of pyridine rings is 1. The smallest absolute Gasteiger partial charge is 0.244 e. The minimum absolute atomic E-state index is 0.0899. The Labute approximate surface area is 185 Å². The molecule has 0 aliphatic carbocycles. The summed E-state index contributed by atoms with van der Waals surface area (Å²) in [7, 11) is 0. The summed E-state index contributed by atoms with van der Waals surface area (Å²) in [6, 6.07) is 15.4. The molecule has 2 aromatic carbocycles. The van der Waals surface area contributed by atoms with E-state index in [1.54, 1.807) is 35.4 Å². The van der Waals surface area contributed by atoms with Crippen LogP contribution in [0.3, 0.4) is 0 Å². The number of nitrogens with zero attached hydrogens (tertiary/aromatic N) is 2. The molecular formula is C25H22FN3O3. The fourth-order valence-electron chi connectivity index (χ4n) is 3.38. The van der Waals surface area contributed by atoms with Crippen molar-refractivity contribution in [2.24, 2.45) is 0 Å². The van der Waals surface area contributed by atoms with Crippen molar-refractivity contribution in [2.75, 3.05) is 11.4 Å². The molecule has 7 heteroatoms. The third-order valence-corrected chi connectivity index (χ3v) is 5.03. The van der Waals surface area contributed by atoms with E-state index in [9.17, 15) is 14.0 Å². The number of ether oxygens (including phenoxy) is 1. The van der Waals surface area contributed by atoms with Crippen LogP contribution in [0.4, 0.5) is 10.1 Å². The topological polar surface area (TPSA) is 71.5 Å². The molecule has 0 unspecified atom stereocenters. The standard InChI is InChI=1S/C25H22FN3O3/c26-22-15-19(7-11-23(22)32-21-3-1-13-27-17-21)16-28-24(30)12-8-18-5-9-20(10-6-18)29-14-2-4-25(29)31/h1,3,5-13,15,17H,2,4,14,16H2,(H,28,30)/b12-8+. The molecule has 3 aromatic rings. The number of amides is 2. The van der Waals surface area contributed by atoms with Gasteiger partial charge in [-0.3, -0.25) is 14.6 Å². The van der Waals surface area contributed by atoms with Crippen molar-refractivity contribution in [3.8, 4) is 11.5 Å². The number of carbonyl (C=O) groups is 2. The van der Waals surface area contributed by atoms with Crippen LogP contribution in [-0.4, -0.2) is 23.3 Å². The summed E-state index contributed by atoms with van der Waals surface area (Å²) < 4.78 is 19.8. The number of aromatic nitrogens is 1. The number of hydrogen-bond donors (Lipinski definition) is 1. The fourth-order valence-corrected chi connectivity index (χ4v) is 3.38. The highest BCUT2D eigenvalue weighted by Gasteiger charge is 2.21. The minimum Gasteiger partial charge on any atom is -0.453 e. The van der Waals surface area contributed by atoms with Crippen molar-refractivity contribution in [1.29, 1.82) is 0 Å². The molecule has 0 spiro atoms. The second-order valence-electron chi connectivity index (χ2n) is 7.35. The van der Waals surface area contributed by atoms with Gasteiger partial charge in [-0.2, -0.15) is 0 Å². The van der Waals surface area contributed by atoms with Gasteiger partial charge in [0.05, 0.1) is 6.20 Å². The molecule has 1 aliphatic heterocycles. The zero-order valence-corrected chi connectivity index (χ0v) is 17.3. The van der Waals surface area contributed by atoms with Crippen LogP contribution in [0.1, 0.15) is 24.0 Å². The Morgan fingerprint density at radius 1 is 1.19 bits per heavy atom. The normalized spacial score (nSPS) is 13.5. The summed E-state index contributed by atoms with van der Waals surface area (Å²) in [6.45, 7) is 0.927.